The molecule has 3 aliphatic rings. The Hall–Kier alpha value is -0.360. The Kier molecular flexibility index (Phi) is 5.04. The van der Waals surface area contributed by atoms with Crippen molar-refractivity contribution in [3.05, 3.63) is 32.2 Å². The lowest BCUT2D eigenvalue weighted by Crippen LogP contribution is -2.60. The van der Waals surface area contributed by atoms with Gasteiger partial charge in [0.25, 0.3) is 0 Å². The Morgan fingerprint density at radius 3 is 2.72 bits per heavy atom. The summed E-state index contributed by atoms with van der Waals surface area (Å²) in [5.41, 5.74) is 2.38. The van der Waals surface area contributed by atoms with Crippen LogP contribution in [-0.4, -0.2) is 48.8 Å². The van der Waals surface area contributed by atoms with Crippen LogP contribution in [0.1, 0.15) is 44.1 Å². The van der Waals surface area contributed by atoms with Crippen molar-refractivity contribution >= 4 is 37.9 Å². The molecule has 0 radical (unpaired) electrons. The number of rotatable bonds is 2. The van der Waals surface area contributed by atoms with Gasteiger partial charge in [-0.15, -0.1) is 0 Å². The van der Waals surface area contributed by atoms with E-state index in [0.717, 1.165) is 27.5 Å². The molecule has 2 aliphatic heterocycles. The van der Waals surface area contributed by atoms with Crippen molar-refractivity contribution in [3.8, 4) is 5.75 Å². The van der Waals surface area contributed by atoms with Crippen molar-refractivity contribution in [2.45, 2.75) is 50.3 Å². The first-order valence-corrected chi connectivity index (χ1v) is 10.9. The molecule has 1 aliphatic carbocycles. The summed E-state index contributed by atoms with van der Waals surface area (Å²) >= 11 is 7.33. The van der Waals surface area contributed by atoms with E-state index in [1.54, 1.807) is 0 Å². The molecule has 1 saturated carbocycles. The minimum Gasteiger partial charge on any atom is -0.467 e. The van der Waals surface area contributed by atoms with Gasteiger partial charge in [-0.1, -0.05) is 15.9 Å². The number of hydrogen-bond donors (Lipinski definition) is 0. The summed E-state index contributed by atoms with van der Waals surface area (Å²) in [6, 6.07) is 4.85. The average Bonchev–Trinajstić information content (AvgIpc) is 2.60. The number of fused-ring (bicyclic) bond motifs is 2. The van der Waals surface area contributed by atoms with E-state index in [2.05, 4.69) is 74.0 Å². The Morgan fingerprint density at radius 1 is 1.20 bits per heavy atom. The van der Waals surface area contributed by atoms with Crippen molar-refractivity contribution in [3.63, 3.8) is 0 Å². The minimum atomic E-state index is -0.262. The van der Waals surface area contributed by atoms with E-state index >= 15 is 0 Å². The molecule has 2 fully saturated rings. The number of likely N-dealkylation sites (N-methyl/N-ethyl adjacent to an activating group) is 1. The molecular weight excluding hydrogens is 444 g/mol. The van der Waals surface area contributed by atoms with Gasteiger partial charge >= 0.3 is 0 Å². The third kappa shape index (κ3) is 3.22. The number of likely N-dealkylation sites (tertiary alicyclic amines) is 1. The van der Waals surface area contributed by atoms with Crippen molar-refractivity contribution in [2.75, 3.05) is 27.2 Å². The topological polar surface area (TPSA) is 15.7 Å². The fraction of sp³-hybridized carbons (Fsp3) is 0.600. The Labute approximate surface area is 167 Å². The zero-order chi connectivity index (χ0) is 17.6. The Bertz CT molecular complexity index is 697. The highest BCUT2D eigenvalue weighted by atomic mass is 79.9. The van der Waals surface area contributed by atoms with Crippen molar-refractivity contribution in [1.82, 2.24) is 9.80 Å². The normalized spacial score (nSPS) is 27.5. The van der Waals surface area contributed by atoms with Gasteiger partial charge in [0.05, 0.1) is 4.47 Å². The maximum atomic E-state index is 6.83. The molecule has 0 spiro atoms. The highest BCUT2D eigenvalue weighted by molar-refractivity contribution is 9.11. The van der Waals surface area contributed by atoms with Gasteiger partial charge in [-0.3, -0.25) is 4.90 Å². The van der Waals surface area contributed by atoms with Crippen LogP contribution in [0.2, 0.25) is 0 Å². The quantitative estimate of drug-likeness (QED) is 0.585. The third-order valence-corrected chi connectivity index (χ3v) is 7.20. The van der Waals surface area contributed by atoms with Crippen LogP contribution >= 0.6 is 31.9 Å². The van der Waals surface area contributed by atoms with Gasteiger partial charge < -0.3 is 9.64 Å². The number of nitrogens with zero attached hydrogens (tertiary/aromatic N) is 2. The second-order valence-electron chi connectivity index (χ2n) is 7.71. The molecule has 0 bridgehead atoms. The second kappa shape index (κ2) is 6.99. The molecule has 1 saturated heterocycles. The van der Waals surface area contributed by atoms with Crippen LogP contribution in [0, 0.1) is 0 Å². The van der Waals surface area contributed by atoms with Gasteiger partial charge in [0.15, 0.2) is 5.72 Å². The first kappa shape index (κ1) is 18.0. The summed E-state index contributed by atoms with van der Waals surface area (Å²) in [5, 5.41) is 0. The second-order valence-corrected chi connectivity index (χ2v) is 9.48. The summed E-state index contributed by atoms with van der Waals surface area (Å²) < 4.78 is 8.95. The number of ether oxygens (including phenoxy) is 1. The average molecular weight is 470 g/mol. The molecule has 0 N–H and O–H groups in total. The van der Waals surface area contributed by atoms with Crippen LogP contribution in [-0.2, 0) is 0 Å². The van der Waals surface area contributed by atoms with E-state index in [-0.39, 0.29) is 5.72 Å². The van der Waals surface area contributed by atoms with E-state index in [1.807, 2.05) is 0 Å². The lowest BCUT2D eigenvalue weighted by molar-refractivity contribution is -0.0906. The smallest absolute Gasteiger partial charge is 0.186 e. The predicted octanol–water partition coefficient (Wildman–Crippen LogP) is 5.28. The van der Waals surface area contributed by atoms with E-state index in [9.17, 15) is 0 Å². The van der Waals surface area contributed by atoms with E-state index < -0.39 is 0 Å². The lowest BCUT2D eigenvalue weighted by Gasteiger charge is -2.52. The standard InChI is InChI=1S/C20H26Br2N2O/c1-23-9-6-17(7-10-23)24(2)20-8-4-3-5-15(20)11-14-12-16(21)13-18(22)19(14)25-20/h11-13,17H,3-10H2,1-2H3. The highest BCUT2D eigenvalue weighted by Gasteiger charge is 2.47. The van der Waals surface area contributed by atoms with Crippen LogP contribution in [0.25, 0.3) is 6.08 Å². The molecule has 0 aromatic heterocycles. The lowest BCUT2D eigenvalue weighted by atomic mass is 9.81. The predicted molar refractivity (Wildman–Crippen MR) is 110 cm³/mol. The van der Waals surface area contributed by atoms with Gasteiger partial charge in [0.1, 0.15) is 5.75 Å². The van der Waals surface area contributed by atoms with Crippen LogP contribution in [0.15, 0.2) is 26.7 Å². The Morgan fingerprint density at radius 2 is 1.96 bits per heavy atom. The van der Waals surface area contributed by atoms with E-state index in [1.165, 1.54) is 49.9 Å². The summed E-state index contributed by atoms with van der Waals surface area (Å²) in [5.74, 6) is 0.994. The third-order valence-electron chi connectivity index (χ3n) is 6.16. The number of piperidine rings is 1. The van der Waals surface area contributed by atoms with Gasteiger partial charge in [-0.25, -0.2) is 0 Å². The largest absolute Gasteiger partial charge is 0.467 e. The molecule has 1 unspecified atom stereocenters. The molecule has 4 rings (SSSR count). The van der Waals surface area contributed by atoms with Gasteiger partial charge in [0, 0.05) is 22.5 Å². The molecule has 1 aromatic rings. The molecule has 2 heterocycles. The van der Waals surface area contributed by atoms with Crippen LogP contribution in [0.5, 0.6) is 5.75 Å². The Balaban J connectivity index is 1.71. The maximum absolute atomic E-state index is 6.83. The van der Waals surface area contributed by atoms with Crippen LogP contribution < -0.4 is 4.74 Å². The fourth-order valence-electron chi connectivity index (χ4n) is 4.64. The first-order valence-electron chi connectivity index (χ1n) is 9.30. The van der Waals surface area contributed by atoms with Crippen LogP contribution in [0.3, 0.4) is 0 Å². The van der Waals surface area contributed by atoms with Crippen molar-refractivity contribution in [1.29, 1.82) is 0 Å². The molecule has 25 heavy (non-hydrogen) atoms. The SMILES string of the molecule is CN1CCC(N(C)C23CCCCC2=Cc2cc(Br)cc(Br)c2O3)CC1. The van der Waals surface area contributed by atoms with Crippen molar-refractivity contribution in [2.24, 2.45) is 0 Å². The molecule has 1 atom stereocenters. The zero-order valence-corrected chi connectivity index (χ0v) is 18.2. The molecule has 5 heteroatoms. The van der Waals surface area contributed by atoms with E-state index in [4.69, 9.17) is 4.74 Å². The molecule has 136 valence electrons. The van der Waals surface area contributed by atoms with Gasteiger partial charge in [-0.05, 0) is 99.0 Å². The minimum absolute atomic E-state index is 0.262. The monoisotopic (exact) mass is 468 g/mol. The van der Waals surface area contributed by atoms with Crippen LogP contribution in [0.4, 0.5) is 0 Å². The first-order chi connectivity index (χ1) is 12.0. The number of hydrogen-bond acceptors (Lipinski definition) is 3. The zero-order valence-electron chi connectivity index (χ0n) is 15.0. The summed E-state index contributed by atoms with van der Waals surface area (Å²) in [4.78, 5) is 4.99. The van der Waals surface area contributed by atoms with Gasteiger partial charge in [-0.2, -0.15) is 0 Å². The number of benzene rings is 1. The maximum Gasteiger partial charge on any atom is 0.186 e. The number of halogens is 2. The molecule has 1 aromatic carbocycles. The van der Waals surface area contributed by atoms with Gasteiger partial charge in [0.2, 0.25) is 0 Å². The summed E-state index contributed by atoms with van der Waals surface area (Å²) in [7, 11) is 4.51. The molecule has 3 nitrogen and oxygen atoms in total. The molecule has 0 amide bonds. The highest BCUT2D eigenvalue weighted by Crippen LogP contribution is 2.49. The van der Waals surface area contributed by atoms with E-state index in [0.29, 0.717) is 6.04 Å². The summed E-state index contributed by atoms with van der Waals surface area (Å²) in [6.45, 7) is 2.36. The fourth-order valence-corrected chi connectivity index (χ4v) is 5.98. The van der Waals surface area contributed by atoms with Crippen molar-refractivity contribution < 1.29 is 4.74 Å². The molecular formula is C20H26Br2N2O. The summed E-state index contributed by atoms with van der Waals surface area (Å²) in [6.07, 6.45) is 9.56.